The first-order chi connectivity index (χ1) is 10.9. The standard InChI is InChI=1S/C15H17NO4S3/c17-22(18)12-10-16(23(19,20)15-7-4-11-21-15)9-8-14(22)13-5-2-1-3-6-13/h1-7,11,14H,8-10,12H2. The van der Waals surface area contributed by atoms with Crippen molar-refractivity contribution in [2.75, 3.05) is 18.8 Å². The Bertz CT molecular complexity index is 859. The van der Waals surface area contributed by atoms with Crippen LogP contribution in [-0.4, -0.2) is 40.0 Å². The maximum atomic E-state index is 12.6. The molecule has 3 rings (SSSR count). The van der Waals surface area contributed by atoms with Gasteiger partial charge in [0.15, 0.2) is 9.84 Å². The highest BCUT2D eigenvalue weighted by molar-refractivity contribution is 7.92. The minimum absolute atomic E-state index is 0.00585. The van der Waals surface area contributed by atoms with E-state index < -0.39 is 25.1 Å². The lowest BCUT2D eigenvalue weighted by atomic mass is 10.1. The SMILES string of the molecule is O=S1(=O)CCN(S(=O)(=O)c2cccs2)CCC1c1ccccc1. The average molecular weight is 372 g/mol. The van der Waals surface area contributed by atoms with E-state index in [2.05, 4.69) is 0 Å². The molecule has 0 bridgehead atoms. The molecule has 1 fully saturated rings. The van der Waals surface area contributed by atoms with Gasteiger partial charge in [0.1, 0.15) is 4.21 Å². The summed E-state index contributed by atoms with van der Waals surface area (Å²) in [6.45, 7) is 0.213. The number of nitrogens with zero attached hydrogens (tertiary/aromatic N) is 1. The number of hydrogen-bond acceptors (Lipinski definition) is 5. The van der Waals surface area contributed by atoms with E-state index in [0.717, 1.165) is 16.9 Å². The molecule has 23 heavy (non-hydrogen) atoms. The van der Waals surface area contributed by atoms with E-state index in [1.807, 2.05) is 6.07 Å². The largest absolute Gasteiger partial charge is 0.252 e. The molecule has 0 spiro atoms. The highest BCUT2D eigenvalue weighted by Crippen LogP contribution is 2.31. The Morgan fingerprint density at radius 1 is 1.04 bits per heavy atom. The Hall–Kier alpha value is -1.22. The van der Waals surface area contributed by atoms with E-state index in [0.29, 0.717) is 0 Å². The molecule has 2 aromatic rings. The van der Waals surface area contributed by atoms with Crippen molar-refractivity contribution in [3.05, 3.63) is 53.4 Å². The molecule has 1 aromatic heterocycles. The molecule has 1 aromatic carbocycles. The van der Waals surface area contributed by atoms with Crippen molar-refractivity contribution in [1.82, 2.24) is 4.31 Å². The first-order valence-corrected chi connectivity index (χ1v) is 11.2. The topological polar surface area (TPSA) is 71.5 Å². The molecule has 0 N–H and O–H groups in total. The van der Waals surface area contributed by atoms with Crippen molar-refractivity contribution >= 4 is 31.2 Å². The van der Waals surface area contributed by atoms with Gasteiger partial charge in [-0.1, -0.05) is 36.4 Å². The van der Waals surface area contributed by atoms with Crippen molar-refractivity contribution in [2.45, 2.75) is 15.9 Å². The van der Waals surface area contributed by atoms with Gasteiger partial charge in [0.05, 0.1) is 11.0 Å². The number of rotatable bonds is 3. The molecule has 0 aliphatic carbocycles. The van der Waals surface area contributed by atoms with Gasteiger partial charge in [-0.25, -0.2) is 16.8 Å². The zero-order chi connectivity index (χ0) is 16.5. The molecule has 1 saturated heterocycles. The Balaban J connectivity index is 1.89. The second-order valence-electron chi connectivity index (χ2n) is 5.39. The third kappa shape index (κ3) is 3.35. The van der Waals surface area contributed by atoms with Crippen LogP contribution in [0.4, 0.5) is 0 Å². The highest BCUT2D eigenvalue weighted by Gasteiger charge is 2.35. The molecular formula is C15H17NO4S3. The van der Waals surface area contributed by atoms with Crippen molar-refractivity contribution in [3.63, 3.8) is 0 Å². The summed E-state index contributed by atoms with van der Waals surface area (Å²) >= 11 is 1.15. The van der Waals surface area contributed by atoms with Crippen LogP contribution in [0, 0.1) is 0 Å². The zero-order valence-electron chi connectivity index (χ0n) is 12.3. The van der Waals surface area contributed by atoms with Crippen LogP contribution in [0.3, 0.4) is 0 Å². The summed E-state index contributed by atoms with van der Waals surface area (Å²) in [5, 5.41) is 1.06. The summed E-state index contributed by atoms with van der Waals surface area (Å²) in [4.78, 5) is 0. The molecule has 2 heterocycles. The molecule has 8 heteroatoms. The maximum absolute atomic E-state index is 12.6. The van der Waals surface area contributed by atoms with Crippen molar-refractivity contribution in [1.29, 1.82) is 0 Å². The summed E-state index contributed by atoms with van der Waals surface area (Å²) < 4.78 is 51.8. The number of benzene rings is 1. The Labute approximate surface area is 140 Å². The zero-order valence-corrected chi connectivity index (χ0v) is 14.8. The molecule has 124 valence electrons. The molecule has 1 atom stereocenters. The Morgan fingerprint density at radius 3 is 2.43 bits per heavy atom. The second-order valence-corrected chi connectivity index (χ2v) is 10.8. The quantitative estimate of drug-likeness (QED) is 0.830. The van der Waals surface area contributed by atoms with E-state index in [4.69, 9.17) is 0 Å². The van der Waals surface area contributed by atoms with Gasteiger partial charge in [-0.05, 0) is 23.4 Å². The van der Waals surface area contributed by atoms with Gasteiger partial charge in [-0.2, -0.15) is 4.31 Å². The number of hydrogen-bond donors (Lipinski definition) is 0. The number of thiophene rings is 1. The van der Waals surface area contributed by atoms with Crippen LogP contribution < -0.4 is 0 Å². The van der Waals surface area contributed by atoms with Gasteiger partial charge >= 0.3 is 0 Å². The minimum atomic E-state index is -3.61. The highest BCUT2D eigenvalue weighted by atomic mass is 32.2. The van der Waals surface area contributed by atoms with E-state index in [1.54, 1.807) is 41.8 Å². The van der Waals surface area contributed by atoms with E-state index in [9.17, 15) is 16.8 Å². The summed E-state index contributed by atoms with van der Waals surface area (Å²) in [6.07, 6.45) is 0.275. The van der Waals surface area contributed by atoms with Crippen LogP contribution in [0.2, 0.25) is 0 Å². The first-order valence-electron chi connectivity index (χ1n) is 7.21. The van der Waals surface area contributed by atoms with Gasteiger partial charge in [0.25, 0.3) is 10.0 Å². The monoisotopic (exact) mass is 371 g/mol. The number of sulfonamides is 1. The van der Waals surface area contributed by atoms with Gasteiger partial charge in [-0.15, -0.1) is 11.3 Å². The van der Waals surface area contributed by atoms with Gasteiger partial charge < -0.3 is 0 Å². The van der Waals surface area contributed by atoms with Crippen LogP contribution in [0.25, 0.3) is 0 Å². The van der Waals surface area contributed by atoms with Crippen LogP contribution in [-0.2, 0) is 19.9 Å². The predicted octanol–water partition coefficient (Wildman–Crippen LogP) is 2.30. The summed E-state index contributed by atoms with van der Waals surface area (Å²) in [5.74, 6) is -0.156. The van der Waals surface area contributed by atoms with Gasteiger partial charge in [0.2, 0.25) is 0 Å². The molecule has 1 aliphatic rings. The fourth-order valence-electron chi connectivity index (χ4n) is 2.74. The molecule has 5 nitrogen and oxygen atoms in total. The van der Waals surface area contributed by atoms with Crippen LogP contribution in [0.1, 0.15) is 17.2 Å². The normalized spacial score (nSPS) is 22.5. The molecular weight excluding hydrogens is 354 g/mol. The average Bonchev–Trinajstić information content (AvgIpc) is 3.01. The molecule has 0 amide bonds. The predicted molar refractivity (Wildman–Crippen MR) is 90.7 cm³/mol. The molecule has 0 saturated carbocycles. The fraction of sp³-hybridized carbons (Fsp3) is 0.333. The first kappa shape index (κ1) is 16.6. The van der Waals surface area contributed by atoms with Crippen molar-refractivity contribution in [2.24, 2.45) is 0 Å². The minimum Gasteiger partial charge on any atom is -0.228 e. The smallest absolute Gasteiger partial charge is 0.228 e. The lowest BCUT2D eigenvalue weighted by Crippen LogP contribution is -2.33. The summed E-state index contributed by atoms with van der Waals surface area (Å²) in [5.41, 5.74) is 0.725. The van der Waals surface area contributed by atoms with Crippen LogP contribution in [0.15, 0.2) is 52.1 Å². The fourth-order valence-corrected chi connectivity index (χ4v) is 7.25. The van der Waals surface area contributed by atoms with E-state index in [1.165, 1.54) is 4.31 Å². The van der Waals surface area contributed by atoms with Crippen LogP contribution in [0.5, 0.6) is 0 Å². The van der Waals surface area contributed by atoms with Gasteiger partial charge in [-0.3, -0.25) is 0 Å². The molecule has 1 aliphatic heterocycles. The molecule has 1 unspecified atom stereocenters. The lowest BCUT2D eigenvalue weighted by Gasteiger charge is -2.18. The van der Waals surface area contributed by atoms with Crippen molar-refractivity contribution < 1.29 is 16.8 Å². The molecule has 0 radical (unpaired) electrons. The third-order valence-electron chi connectivity index (χ3n) is 3.96. The van der Waals surface area contributed by atoms with Crippen molar-refractivity contribution in [3.8, 4) is 0 Å². The lowest BCUT2D eigenvalue weighted by molar-refractivity contribution is 0.429. The summed E-state index contributed by atoms with van der Waals surface area (Å²) in [6, 6.07) is 12.2. The maximum Gasteiger partial charge on any atom is 0.252 e. The van der Waals surface area contributed by atoms with Crippen LogP contribution >= 0.6 is 11.3 Å². The Kier molecular flexibility index (Phi) is 4.59. The summed E-state index contributed by atoms with van der Waals surface area (Å²) in [7, 11) is -6.99. The van der Waals surface area contributed by atoms with E-state index in [-0.39, 0.29) is 29.5 Å². The van der Waals surface area contributed by atoms with Gasteiger partial charge in [0, 0.05) is 13.1 Å². The Morgan fingerprint density at radius 2 is 1.78 bits per heavy atom. The third-order valence-corrected chi connectivity index (χ3v) is 9.36. The van der Waals surface area contributed by atoms with E-state index >= 15 is 0 Å². The number of sulfone groups is 1. The second kappa shape index (κ2) is 6.35.